The lowest BCUT2D eigenvalue weighted by atomic mass is 10.0. The number of aryl methyl sites for hydroxylation is 1. The Balaban J connectivity index is 2.79. The van der Waals surface area contributed by atoms with Gasteiger partial charge < -0.3 is 20.5 Å². The molecule has 0 radical (unpaired) electrons. The lowest BCUT2D eigenvalue weighted by Crippen LogP contribution is -2.32. The molecule has 1 aromatic carbocycles. The highest BCUT2D eigenvalue weighted by Gasteiger charge is 2.19. The molecule has 1 aromatic rings. The van der Waals surface area contributed by atoms with Crippen molar-refractivity contribution in [1.29, 1.82) is 0 Å². The number of anilines is 1. The molecule has 0 aliphatic carbocycles. The number of carbonyl (C=O) groups excluding carboxylic acids is 2. The first-order valence-corrected chi connectivity index (χ1v) is 12.5. The zero-order valence-electron chi connectivity index (χ0n) is 17.0. The molecule has 0 aromatic heterocycles. The van der Waals surface area contributed by atoms with Gasteiger partial charge >= 0.3 is 12.1 Å². The van der Waals surface area contributed by atoms with Gasteiger partial charge in [0.2, 0.25) is 0 Å². The number of hydrogen-bond acceptors (Lipinski definition) is 5. The Morgan fingerprint density at radius 1 is 1.19 bits per heavy atom. The van der Waals surface area contributed by atoms with Gasteiger partial charge in [-0.3, -0.25) is 0 Å². The van der Waals surface area contributed by atoms with E-state index in [1.54, 1.807) is 26.8 Å². The smallest absolute Gasteiger partial charge is 0.407 e. The predicted molar refractivity (Wildman–Crippen MR) is 107 cm³/mol. The van der Waals surface area contributed by atoms with Crippen molar-refractivity contribution in [1.82, 2.24) is 5.32 Å². The fourth-order valence-electron chi connectivity index (χ4n) is 2.16. The Hall–Kier alpha value is -2.02. The Labute approximate surface area is 157 Å². The van der Waals surface area contributed by atoms with Crippen LogP contribution in [0.1, 0.15) is 42.3 Å². The summed E-state index contributed by atoms with van der Waals surface area (Å²) in [4.78, 5) is 24.2. The highest BCUT2D eigenvalue weighted by molar-refractivity contribution is 6.76. The van der Waals surface area contributed by atoms with Crippen molar-refractivity contribution in [2.75, 3.05) is 12.3 Å². The van der Waals surface area contributed by atoms with Crippen LogP contribution in [0.15, 0.2) is 12.1 Å². The molecule has 0 heterocycles. The number of rotatable bonds is 6. The number of nitrogen functional groups attached to an aromatic ring is 1. The first kappa shape index (κ1) is 22.0. The second-order valence-electron chi connectivity index (χ2n) is 8.68. The van der Waals surface area contributed by atoms with Gasteiger partial charge in [-0.15, -0.1) is 0 Å². The van der Waals surface area contributed by atoms with Gasteiger partial charge in [-0.2, -0.15) is 0 Å². The fraction of sp³-hybridized carbons (Fsp3) is 0.579. The van der Waals surface area contributed by atoms with Crippen LogP contribution in [0.5, 0.6) is 0 Å². The zero-order valence-corrected chi connectivity index (χ0v) is 18.0. The van der Waals surface area contributed by atoms with E-state index in [0.717, 1.165) is 17.2 Å². The number of alkyl carbamates (subject to hydrolysis) is 1. The standard InChI is InChI=1S/C19H32N2O4Si/c1-13-10-14(12-21-18(23)25-19(2,3)4)11-15(16(13)20)17(22)24-8-9-26(5,6)7/h10-11H,8-9,12,20H2,1-7H3,(H,21,23). The van der Waals surface area contributed by atoms with Gasteiger partial charge in [-0.25, -0.2) is 9.59 Å². The number of nitrogens with one attached hydrogen (secondary N) is 1. The van der Waals surface area contributed by atoms with E-state index in [9.17, 15) is 9.59 Å². The third-order valence-corrected chi connectivity index (χ3v) is 5.29. The number of esters is 1. The Morgan fingerprint density at radius 3 is 2.35 bits per heavy atom. The van der Waals surface area contributed by atoms with Crippen LogP contribution >= 0.6 is 0 Å². The largest absolute Gasteiger partial charge is 0.462 e. The SMILES string of the molecule is Cc1cc(CNC(=O)OC(C)(C)C)cc(C(=O)OCC[Si](C)(C)C)c1N. The molecule has 7 heteroatoms. The third-order valence-electron chi connectivity index (χ3n) is 3.59. The van der Waals surface area contributed by atoms with E-state index in [2.05, 4.69) is 25.0 Å². The van der Waals surface area contributed by atoms with Gasteiger partial charge in [0.05, 0.1) is 12.2 Å². The third kappa shape index (κ3) is 7.90. The molecule has 1 rings (SSSR count). The van der Waals surface area contributed by atoms with Gasteiger partial charge in [-0.05, 0) is 50.9 Å². The maximum atomic E-state index is 12.4. The van der Waals surface area contributed by atoms with E-state index in [4.69, 9.17) is 15.2 Å². The molecular formula is C19H32N2O4Si. The monoisotopic (exact) mass is 380 g/mol. The van der Waals surface area contributed by atoms with Crippen molar-refractivity contribution in [2.45, 2.75) is 65.5 Å². The van der Waals surface area contributed by atoms with Crippen LogP contribution in [0.25, 0.3) is 0 Å². The van der Waals surface area contributed by atoms with Crippen molar-refractivity contribution in [3.05, 3.63) is 28.8 Å². The molecule has 0 saturated heterocycles. The van der Waals surface area contributed by atoms with Crippen molar-refractivity contribution in [3.8, 4) is 0 Å². The van der Waals surface area contributed by atoms with Gasteiger partial charge in [0, 0.05) is 20.3 Å². The number of amides is 1. The summed E-state index contributed by atoms with van der Waals surface area (Å²) in [6, 6.07) is 4.40. The summed E-state index contributed by atoms with van der Waals surface area (Å²) < 4.78 is 10.6. The van der Waals surface area contributed by atoms with Crippen molar-refractivity contribution < 1.29 is 19.1 Å². The van der Waals surface area contributed by atoms with E-state index in [1.165, 1.54) is 0 Å². The van der Waals surface area contributed by atoms with Crippen LogP contribution in [-0.2, 0) is 16.0 Å². The highest BCUT2D eigenvalue weighted by atomic mass is 28.3. The molecule has 0 aliphatic heterocycles. The number of benzene rings is 1. The number of nitrogens with two attached hydrogens (primary N) is 1. The minimum atomic E-state index is -1.28. The average Bonchev–Trinajstić information content (AvgIpc) is 2.45. The molecule has 6 nitrogen and oxygen atoms in total. The van der Waals surface area contributed by atoms with Crippen LogP contribution in [0.3, 0.4) is 0 Å². The molecule has 0 bridgehead atoms. The number of carbonyl (C=O) groups is 2. The molecule has 26 heavy (non-hydrogen) atoms. The first-order chi connectivity index (χ1) is 11.8. The summed E-state index contributed by atoms with van der Waals surface area (Å²) in [7, 11) is -1.28. The van der Waals surface area contributed by atoms with Crippen molar-refractivity contribution in [3.63, 3.8) is 0 Å². The van der Waals surface area contributed by atoms with E-state index in [0.29, 0.717) is 17.9 Å². The zero-order chi connectivity index (χ0) is 20.1. The van der Waals surface area contributed by atoms with E-state index >= 15 is 0 Å². The van der Waals surface area contributed by atoms with E-state index in [1.807, 2.05) is 13.0 Å². The quantitative estimate of drug-likeness (QED) is 0.440. The summed E-state index contributed by atoms with van der Waals surface area (Å²) in [6.07, 6.45) is -0.508. The van der Waals surface area contributed by atoms with Crippen molar-refractivity contribution >= 4 is 25.8 Å². The molecule has 146 valence electrons. The molecular weight excluding hydrogens is 348 g/mol. The second-order valence-corrected chi connectivity index (χ2v) is 14.3. The summed E-state index contributed by atoms with van der Waals surface area (Å²) in [6.45, 7) is 14.5. The summed E-state index contributed by atoms with van der Waals surface area (Å²) >= 11 is 0. The van der Waals surface area contributed by atoms with Gasteiger partial charge in [-0.1, -0.05) is 25.7 Å². The molecule has 3 N–H and O–H groups in total. The van der Waals surface area contributed by atoms with Crippen LogP contribution < -0.4 is 11.1 Å². The lowest BCUT2D eigenvalue weighted by Gasteiger charge is -2.20. The molecule has 1 amide bonds. The van der Waals surface area contributed by atoms with Crippen LogP contribution in [0, 0.1) is 6.92 Å². The molecule has 0 unspecified atom stereocenters. The molecule has 0 atom stereocenters. The summed E-state index contributed by atoms with van der Waals surface area (Å²) in [5.74, 6) is -0.428. The van der Waals surface area contributed by atoms with Gasteiger partial charge in [0.1, 0.15) is 5.60 Å². The normalized spacial score (nSPS) is 11.8. The van der Waals surface area contributed by atoms with Crippen LogP contribution in [0.4, 0.5) is 10.5 Å². The van der Waals surface area contributed by atoms with E-state index in [-0.39, 0.29) is 6.54 Å². The Bertz CT molecular complexity index is 661. The van der Waals surface area contributed by atoms with Gasteiger partial charge in [0.25, 0.3) is 0 Å². The number of hydrogen-bond donors (Lipinski definition) is 2. The summed E-state index contributed by atoms with van der Waals surface area (Å²) in [5, 5.41) is 2.68. The Kier molecular flexibility index (Phi) is 7.26. The van der Waals surface area contributed by atoms with Crippen LogP contribution in [0.2, 0.25) is 25.7 Å². The molecule has 0 aliphatic rings. The summed E-state index contributed by atoms with van der Waals surface area (Å²) in [5.41, 5.74) is 7.76. The van der Waals surface area contributed by atoms with Crippen LogP contribution in [-0.4, -0.2) is 32.3 Å². The predicted octanol–water partition coefficient (Wildman–Crippen LogP) is 4.10. The highest BCUT2D eigenvalue weighted by Crippen LogP contribution is 2.21. The molecule has 0 spiro atoms. The molecule has 0 saturated carbocycles. The average molecular weight is 381 g/mol. The minimum absolute atomic E-state index is 0.241. The maximum Gasteiger partial charge on any atom is 0.407 e. The topological polar surface area (TPSA) is 90.6 Å². The second kappa shape index (κ2) is 8.57. The van der Waals surface area contributed by atoms with Gasteiger partial charge in [0.15, 0.2) is 0 Å². The maximum absolute atomic E-state index is 12.4. The number of ether oxygens (including phenoxy) is 2. The Morgan fingerprint density at radius 2 is 1.81 bits per heavy atom. The minimum Gasteiger partial charge on any atom is -0.462 e. The molecule has 0 fully saturated rings. The lowest BCUT2D eigenvalue weighted by molar-refractivity contribution is 0.0517. The fourth-order valence-corrected chi connectivity index (χ4v) is 2.87. The van der Waals surface area contributed by atoms with E-state index < -0.39 is 25.7 Å². The first-order valence-electron chi connectivity index (χ1n) is 8.81. The van der Waals surface area contributed by atoms with Crippen molar-refractivity contribution in [2.24, 2.45) is 0 Å².